The molecule has 4 rings (SSSR count). The Kier molecular flexibility index (Phi) is 4.43. The van der Waals surface area contributed by atoms with E-state index in [1.54, 1.807) is 24.6 Å². The second kappa shape index (κ2) is 6.77. The van der Waals surface area contributed by atoms with E-state index >= 15 is 0 Å². The summed E-state index contributed by atoms with van der Waals surface area (Å²) >= 11 is 0. The maximum absolute atomic E-state index is 14.1. The first-order chi connectivity index (χ1) is 12.9. The van der Waals surface area contributed by atoms with Crippen molar-refractivity contribution < 1.29 is 22.0 Å². The molecular formula is C19H15F4N3O. The lowest BCUT2D eigenvalue weighted by molar-refractivity contribution is -0.137. The van der Waals surface area contributed by atoms with E-state index in [0.717, 1.165) is 17.3 Å². The lowest BCUT2D eigenvalue weighted by atomic mass is 10.1. The van der Waals surface area contributed by atoms with Gasteiger partial charge in [-0.1, -0.05) is 6.07 Å². The van der Waals surface area contributed by atoms with Crippen LogP contribution in [0.25, 0.3) is 11.6 Å². The van der Waals surface area contributed by atoms with Gasteiger partial charge in [-0.05, 0) is 24.3 Å². The van der Waals surface area contributed by atoms with Gasteiger partial charge in [0.1, 0.15) is 5.82 Å². The summed E-state index contributed by atoms with van der Waals surface area (Å²) in [5.41, 5.74) is 1.08. The van der Waals surface area contributed by atoms with Gasteiger partial charge in [-0.25, -0.2) is 14.4 Å². The highest BCUT2D eigenvalue weighted by Crippen LogP contribution is 2.31. The fourth-order valence-electron chi connectivity index (χ4n) is 3.13. The maximum Gasteiger partial charge on any atom is 0.416 e. The number of alkyl halides is 3. The fourth-order valence-corrected chi connectivity index (χ4v) is 3.13. The van der Waals surface area contributed by atoms with E-state index in [-0.39, 0.29) is 12.1 Å². The molecule has 0 bridgehead atoms. The van der Waals surface area contributed by atoms with Gasteiger partial charge >= 0.3 is 6.18 Å². The molecule has 0 amide bonds. The number of fused-ring (bicyclic) bond motifs is 1. The number of halogens is 4. The largest absolute Gasteiger partial charge is 0.461 e. The van der Waals surface area contributed by atoms with E-state index in [1.165, 1.54) is 6.07 Å². The van der Waals surface area contributed by atoms with Crippen LogP contribution in [-0.4, -0.2) is 21.4 Å². The Hall–Kier alpha value is -2.74. The van der Waals surface area contributed by atoms with E-state index in [0.29, 0.717) is 37.2 Å². The van der Waals surface area contributed by atoms with Crippen molar-refractivity contribution in [2.24, 2.45) is 0 Å². The zero-order chi connectivity index (χ0) is 19.0. The van der Waals surface area contributed by atoms with Gasteiger partial charge in [0.25, 0.3) is 0 Å². The highest BCUT2D eigenvalue weighted by molar-refractivity contribution is 5.47. The van der Waals surface area contributed by atoms with E-state index in [1.807, 2.05) is 4.90 Å². The molecular weight excluding hydrogens is 362 g/mol. The van der Waals surface area contributed by atoms with Crippen molar-refractivity contribution >= 4 is 0 Å². The maximum atomic E-state index is 14.1. The number of hydrogen-bond acceptors (Lipinski definition) is 4. The van der Waals surface area contributed by atoms with Crippen molar-refractivity contribution in [1.29, 1.82) is 0 Å². The van der Waals surface area contributed by atoms with Crippen LogP contribution < -0.4 is 0 Å². The molecule has 0 saturated heterocycles. The van der Waals surface area contributed by atoms with Gasteiger partial charge in [0, 0.05) is 43.4 Å². The van der Waals surface area contributed by atoms with Crippen molar-refractivity contribution in [3.05, 3.63) is 71.0 Å². The summed E-state index contributed by atoms with van der Waals surface area (Å²) in [6.07, 6.45) is -0.631. The van der Waals surface area contributed by atoms with Crippen molar-refractivity contribution in [2.45, 2.75) is 25.7 Å². The van der Waals surface area contributed by atoms with Crippen molar-refractivity contribution in [2.75, 3.05) is 6.54 Å². The minimum Gasteiger partial charge on any atom is -0.461 e. The highest BCUT2D eigenvalue weighted by Gasteiger charge is 2.31. The van der Waals surface area contributed by atoms with E-state index in [9.17, 15) is 17.6 Å². The molecule has 140 valence electrons. The van der Waals surface area contributed by atoms with Crippen LogP contribution in [0.2, 0.25) is 0 Å². The Labute approximate surface area is 152 Å². The molecule has 0 spiro atoms. The molecule has 3 heterocycles. The normalized spacial score (nSPS) is 15.0. The lowest BCUT2D eigenvalue weighted by Crippen LogP contribution is -2.31. The molecule has 0 saturated carbocycles. The molecule has 8 heteroatoms. The number of furan rings is 1. The average Bonchev–Trinajstić information content (AvgIpc) is 3.17. The Morgan fingerprint density at radius 2 is 2.04 bits per heavy atom. The Morgan fingerprint density at radius 3 is 2.74 bits per heavy atom. The third-order valence-corrected chi connectivity index (χ3v) is 4.53. The van der Waals surface area contributed by atoms with Crippen LogP contribution in [0.4, 0.5) is 17.6 Å². The molecule has 1 aliphatic heterocycles. The second-order valence-corrected chi connectivity index (χ2v) is 6.41. The van der Waals surface area contributed by atoms with Gasteiger partial charge in [0.2, 0.25) is 0 Å². The summed E-state index contributed by atoms with van der Waals surface area (Å²) in [5.74, 6) is 0.257. The van der Waals surface area contributed by atoms with Gasteiger partial charge in [-0.3, -0.25) is 4.90 Å². The predicted molar refractivity (Wildman–Crippen MR) is 89.0 cm³/mol. The standard InChI is InChI=1S/C19H15F4N3O/c20-15-8-14(19(21,22)23)4-3-12(15)10-26-6-5-16-13(11-26)9-24-18(25-16)17-2-1-7-27-17/h1-4,7-9H,5-6,10-11H2. The zero-order valence-electron chi connectivity index (χ0n) is 14.1. The number of aromatic nitrogens is 2. The van der Waals surface area contributed by atoms with Gasteiger partial charge in [-0.2, -0.15) is 13.2 Å². The number of hydrogen-bond donors (Lipinski definition) is 0. The molecule has 0 atom stereocenters. The smallest absolute Gasteiger partial charge is 0.416 e. The summed E-state index contributed by atoms with van der Waals surface area (Å²) in [6, 6.07) is 6.20. The molecule has 1 aromatic carbocycles. The predicted octanol–water partition coefficient (Wildman–Crippen LogP) is 4.45. The van der Waals surface area contributed by atoms with Crippen LogP contribution in [0.3, 0.4) is 0 Å². The summed E-state index contributed by atoms with van der Waals surface area (Å²) in [6.45, 7) is 1.36. The third kappa shape index (κ3) is 3.71. The molecule has 0 N–H and O–H groups in total. The highest BCUT2D eigenvalue weighted by atomic mass is 19.4. The number of benzene rings is 1. The van der Waals surface area contributed by atoms with Gasteiger partial charge in [0.05, 0.1) is 17.5 Å². The molecule has 0 radical (unpaired) electrons. The van der Waals surface area contributed by atoms with E-state index in [2.05, 4.69) is 9.97 Å². The van der Waals surface area contributed by atoms with Crippen LogP contribution in [0, 0.1) is 5.82 Å². The SMILES string of the molecule is Fc1cc(C(F)(F)F)ccc1CN1CCc2nc(-c3ccco3)ncc2C1. The molecule has 3 aromatic rings. The molecule has 0 unspecified atom stereocenters. The first-order valence-electron chi connectivity index (χ1n) is 8.37. The second-order valence-electron chi connectivity index (χ2n) is 6.41. The topological polar surface area (TPSA) is 42.2 Å². The van der Waals surface area contributed by atoms with Crippen LogP contribution >= 0.6 is 0 Å². The number of rotatable bonds is 3. The minimum atomic E-state index is -4.55. The van der Waals surface area contributed by atoms with Crippen molar-refractivity contribution in [1.82, 2.24) is 14.9 Å². The third-order valence-electron chi connectivity index (χ3n) is 4.53. The van der Waals surface area contributed by atoms with Crippen molar-refractivity contribution in [3.8, 4) is 11.6 Å². The van der Waals surface area contributed by atoms with E-state index < -0.39 is 17.6 Å². The Bertz CT molecular complexity index is 954. The first kappa shape index (κ1) is 17.7. The minimum absolute atomic E-state index is 0.226. The molecule has 0 fully saturated rings. The first-order valence-corrected chi connectivity index (χ1v) is 8.37. The summed E-state index contributed by atoms with van der Waals surface area (Å²) in [7, 11) is 0. The van der Waals surface area contributed by atoms with Crippen LogP contribution in [0.15, 0.2) is 47.2 Å². The summed E-state index contributed by atoms with van der Waals surface area (Å²) in [5, 5.41) is 0. The van der Waals surface area contributed by atoms with Gasteiger partial charge in [0.15, 0.2) is 11.6 Å². The Morgan fingerprint density at radius 1 is 1.19 bits per heavy atom. The monoisotopic (exact) mass is 377 g/mol. The zero-order valence-corrected chi connectivity index (χ0v) is 14.1. The van der Waals surface area contributed by atoms with Crippen LogP contribution in [0.1, 0.15) is 22.4 Å². The molecule has 0 aliphatic carbocycles. The Balaban J connectivity index is 1.49. The van der Waals surface area contributed by atoms with Crippen LogP contribution in [-0.2, 0) is 25.7 Å². The van der Waals surface area contributed by atoms with Crippen LogP contribution in [0.5, 0.6) is 0 Å². The summed E-state index contributed by atoms with van der Waals surface area (Å²) in [4.78, 5) is 10.8. The molecule has 1 aliphatic rings. The lowest BCUT2D eigenvalue weighted by Gasteiger charge is -2.28. The quantitative estimate of drug-likeness (QED) is 0.633. The van der Waals surface area contributed by atoms with Gasteiger partial charge in [-0.15, -0.1) is 0 Å². The summed E-state index contributed by atoms with van der Waals surface area (Å²) < 4.78 is 57.4. The molecule has 27 heavy (non-hydrogen) atoms. The molecule has 4 nitrogen and oxygen atoms in total. The van der Waals surface area contributed by atoms with Crippen molar-refractivity contribution in [3.63, 3.8) is 0 Å². The molecule has 2 aromatic heterocycles. The van der Waals surface area contributed by atoms with Gasteiger partial charge < -0.3 is 4.42 Å². The average molecular weight is 377 g/mol. The van der Waals surface area contributed by atoms with E-state index in [4.69, 9.17) is 4.42 Å². The number of nitrogens with zero attached hydrogens (tertiary/aromatic N) is 3. The fraction of sp³-hybridized carbons (Fsp3) is 0.263.